The monoisotopic (exact) mass is 339 g/mol. The maximum absolute atomic E-state index is 12.6. The lowest BCUT2D eigenvalue weighted by Crippen LogP contribution is -2.55. The fourth-order valence-corrected chi connectivity index (χ4v) is 4.12. The number of carbonyl (C=O) groups is 1. The first kappa shape index (κ1) is 16.5. The van der Waals surface area contributed by atoms with Gasteiger partial charge in [-0.05, 0) is 37.0 Å². The molecule has 0 radical (unpaired) electrons. The molecule has 4 rings (SSSR count). The second kappa shape index (κ2) is 6.73. The number of aromatic nitrogens is 1. The molecule has 1 aromatic carbocycles. The molecule has 0 bridgehead atoms. The van der Waals surface area contributed by atoms with Crippen LogP contribution in [-0.2, 0) is 16.0 Å². The van der Waals surface area contributed by atoms with Crippen molar-refractivity contribution in [3.05, 3.63) is 42.1 Å². The van der Waals surface area contributed by atoms with Crippen molar-refractivity contribution in [3.63, 3.8) is 0 Å². The summed E-state index contributed by atoms with van der Waals surface area (Å²) in [5.41, 5.74) is 7.87. The smallest absolute Gasteiger partial charge is 0.240 e. The molecule has 25 heavy (non-hydrogen) atoms. The number of pyridine rings is 1. The van der Waals surface area contributed by atoms with Gasteiger partial charge < -0.3 is 15.8 Å². The van der Waals surface area contributed by atoms with Gasteiger partial charge in [-0.25, -0.2) is 0 Å². The predicted octanol–water partition coefficient (Wildman–Crippen LogP) is 2.18. The van der Waals surface area contributed by atoms with Crippen LogP contribution in [0.3, 0.4) is 0 Å². The molecule has 2 fully saturated rings. The Morgan fingerprint density at radius 1 is 1.24 bits per heavy atom. The molecule has 2 aromatic rings. The van der Waals surface area contributed by atoms with Crippen LogP contribution in [-0.4, -0.2) is 35.7 Å². The second-order valence-corrected chi connectivity index (χ2v) is 7.43. The van der Waals surface area contributed by atoms with Gasteiger partial charge in [0, 0.05) is 17.5 Å². The third-order valence-corrected chi connectivity index (χ3v) is 5.68. The Labute approximate surface area is 148 Å². The summed E-state index contributed by atoms with van der Waals surface area (Å²) < 4.78 is 5.68. The first-order valence-corrected chi connectivity index (χ1v) is 9.16. The van der Waals surface area contributed by atoms with Gasteiger partial charge in [0.25, 0.3) is 0 Å². The van der Waals surface area contributed by atoms with Crippen LogP contribution < -0.4 is 11.1 Å². The molecule has 132 valence electrons. The number of nitrogens with zero attached hydrogens (tertiary/aromatic N) is 1. The zero-order valence-electron chi connectivity index (χ0n) is 14.4. The Kier molecular flexibility index (Phi) is 4.44. The number of hydrogen-bond acceptors (Lipinski definition) is 4. The van der Waals surface area contributed by atoms with Crippen LogP contribution in [0.15, 0.2) is 36.5 Å². The Hall–Kier alpha value is -1.98. The number of hydrogen-bond donors (Lipinski definition) is 2. The van der Waals surface area contributed by atoms with Crippen molar-refractivity contribution < 1.29 is 9.53 Å². The SMILES string of the molecule is NC1(C(=O)N[C@H]2COC[C@H]2Cc2ccnc3ccccc23)CCCC1. The van der Waals surface area contributed by atoms with Crippen LogP contribution >= 0.6 is 0 Å². The number of fused-ring (bicyclic) bond motifs is 1. The van der Waals surface area contributed by atoms with E-state index in [4.69, 9.17) is 10.5 Å². The molecule has 1 amide bonds. The number of nitrogens with two attached hydrogens (primary N) is 1. The van der Waals surface area contributed by atoms with Gasteiger partial charge in [0.05, 0.1) is 30.3 Å². The Balaban J connectivity index is 1.49. The summed E-state index contributed by atoms with van der Waals surface area (Å²) >= 11 is 0. The minimum absolute atomic E-state index is 0.00918. The number of amides is 1. The zero-order chi connectivity index (χ0) is 17.3. The van der Waals surface area contributed by atoms with Crippen molar-refractivity contribution in [1.29, 1.82) is 0 Å². The van der Waals surface area contributed by atoms with Gasteiger partial charge in [-0.3, -0.25) is 9.78 Å². The van der Waals surface area contributed by atoms with Crippen LogP contribution in [0.5, 0.6) is 0 Å². The number of rotatable bonds is 4. The molecule has 2 atom stereocenters. The van der Waals surface area contributed by atoms with Crippen LogP contribution in [0.2, 0.25) is 0 Å². The first-order chi connectivity index (χ1) is 12.2. The maximum atomic E-state index is 12.6. The Bertz CT molecular complexity index is 765. The largest absolute Gasteiger partial charge is 0.379 e. The van der Waals surface area contributed by atoms with Crippen molar-refractivity contribution in [2.24, 2.45) is 11.7 Å². The summed E-state index contributed by atoms with van der Waals surface area (Å²) in [6.07, 6.45) is 6.37. The van der Waals surface area contributed by atoms with Gasteiger partial charge in [0.2, 0.25) is 5.91 Å². The number of para-hydroxylation sites is 1. The molecule has 2 aliphatic rings. The highest BCUT2D eigenvalue weighted by Gasteiger charge is 2.40. The van der Waals surface area contributed by atoms with E-state index in [0.717, 1.165) is 37.6 Å². The molecule has 0 spiro atoms. The Morgan fingerprint density at radius 2 is 2.04 bits per heavy atom. The summed E-state index contributed by atoms with van der Waals surface area (Å²) in [6, 6.07) is 10.3. The number of ether oxygens (including phenoxy) is 1. The van der Waals surface area contributed by atoms with Crippen LogP contribution in [0.1, 0.15) is 31.2 Å². The average molecular weight is 339 g/mol. The van der Waals surface area contributed by atoms with Gasteiger partial charge in [0.1, 0.15) is 0 Å². The fraction of sp³-hybridized carbons (Fsp3) is 0.500. The van der Waals surface area contributed by atoms with Crippen LogP contribution in [0.4, 0.5) is 0 Å². The lowest BCUT2D eigenvalue weighted by atomic mass is 9.91. The third kappa shape index (κ3) is 3.26. The van der Waals surface area contributed by atoms with E-state index in [1.54, 1.807) is 0 Å². The van der Waals surface area contributed by atoms with E-state index in [9.17, 15) is 4.79 Å². The van der Waals surface area contributed by atoms with Gasteiger partial charge in [-0.1, -0.05) is 31.0 Å². The summed E-state index contributed by atoms with van der Waals surface area (Å²) in [7, 11) is 0. The molecule has 1 saturated heterocycles. The Morgan fingerprint density at radius 3 is 2.88 bits per heavy atom. The molecule has 1 saturated carbocycles. The summed E-state index contributed by atoms with van der Waals surface area (Å²) in [5.74, 6) is 0.254. The highest BCUT2D eigenvalue weighted by molar-refractivity contribution is 5.86. The first-order valence-electron chi connectivity index (χ1n) is 9.16. The van der Waals surface area contributed by atoms with E-state index in [-0.39, 0.29) is 17.9 Å². The predicted molar refractivity (Wildman–Crippen MR) is 97.1 cm³/mol. The fourth-order valence-electron chi connectivity index (χ4n) is 4.12. The van der Waals surface area contributed by atoms with E-state index >= 15 is 0 Å². The summed E-state index contributed by atoms with van der Waals surface area (Å²) in [4.78, 5) is 17.1. The molecule has 3 N–H and O–H groups in total. The molecule has 0 unspecified atom stereocenters. The summed E-state index contributed by atoms with van der Waals surface area (Å²) in [5, 5.41) is 4.35. The van der Waals surface area contributed by atoms with Crippen molar-refractivity contribution in [3.8, 4) is 0 Å². The van der Waals surface area contributed by atoms with Gasteiger partial charge in [-0.2, -0.15) is 0 Å². The molecular formula is C20H25N3O2. The number of nitrogens with one attached hydrogen (secondary N) is 1. The van der Waals surface area contributed by atoms with Crippen molar-refractivity contribution in [1.82, 2.24) is 10.3 Å². The van der Waals surface area contributed by atoms with E-state index in [1.807, 2.05) is 24.4 Å². The van der Waals surface area contributed by atoms with Gasteiger partial charge in [-0.15, -0.1) is 0 Å². The van der Waals surface area contributed by atoms with Crippen LogP contribution in [0, 0.1) is 5.92 Å². The van der Waals surface area contributed by atoms with E-state index in [2.05, 4.69) is 22.4 Å². The van der Waals surface area contributed by atoms with E-state index in [0.29, 0.717) is 13.2 Å². The molecule has 1 aliphatic carbocycles. The topological polar surface area (TPSA) is 77.2 Å². The quantitative estimate of drug-likeness (QED) is 0.895. The summed E-state index contributed by atoms with van der Waals surface area (Å²) in [6.45, 7) is 1.23. The third-order valence-electron chi connectivity index (χ3n) is 5.68. The molecule has 2 heterocycles. The van der Waals surface area contributed by atoms with Gasteiger partial charge >= 0.3 is 0 Å². The lowest BCUT2D eigenvalue weighted by Gasteiger charge is -2.27. The average Bonchev–Trinajstić information content (AvgIpc) is 3.25. The molecule has 5 nitrogen and oxygen atoms in total. The molecule has 1 aromatic heterocycles. The molecule has 5 heteroatoms. The molecular weight excluding hydrogens is 314 g/mol. The highest BCUT2D eigenvalue weighted by Crippen LogP contribution is 2.29. The second-order valence-electron chi connectivity index (χ2n) is 7.43. The van der Waals surface area contributed by atoms with Crippen molar-refractivity contribution >= 4 is 16.8 Å². The minimum Gasteiger partial charge on any atom is -0.379 e. The lowest BCUT2D eigenvalue weighted by molar-refractivity contribution is -0.127. The zero-order valence-corrected chi connectivity index (χ0v) is 14.4. The standard InChI is InChI=1S/C20H25N3O2/c21-20(8-3-4-9-20)19(24)23-18-13-25-12-15(18)11-14-7-10-22-17-6-2-1-5-16(14)17/h1-2,5-7,10,15,18H,3-4,8-9,11-13,21H2,(H,23,24)/t15-,18+/m1/s1. The van der Waals surface area contributed by atoms with Crippen molar-refractivity contribution in [2.45, 2.75) is 43.7 Å². The highest BCUT2D eigenvalue weighted by atomic mass is 16.5. The van der Waals surface area contributed by atoms with Crippen LogP contribution in [0.25, 0.3) is 10.9 Å². The minimum atomic E-state index is -0.684. The van der Waals surface area contributed by atoms with E-state index in [1.165, 1.54) is 10.9 Å². The normalized spacial score (nSPS) is 25.3. The molecule has 1 aliphatic heterocycles. The van der Waals surface area contributed by atoms with Crippen molar-refractivity contribution in [2.75, 3.05) is 13.2 Å². The number of benzene rings is 1. The maximum Gasteiger partial charge on any atom is 0.240 e. The van der Waals surface area contributed by atoms with Gasteiger partial charge in [0.15, 0.2) is 0 Å². The number of carbonyl (C=O) groups excluding carboxylic acids is 1. The van der Waals surface area contributed by atoms with E-state index < -0.39 is 5.54 Å².